The van der Waals surface area contributed by atoms with Gasteiger partial charge in [-0.1, -0.05) is 17.7 Å². The number of nitrogen functional groups attached to an aromatic ring is 1. The fourth-order valence-electron chi connectivity index (χ4n) is 5.11. The molecule has 1 aliphatic heterocycles. The van der Waals surface area contributed by atoms with Gasteiger partial charge in [0.05, 0.1) is 15.3 Å². The van der Waals surface area contributed by atoms with Gasteiger partial charge in [0.25, 0.3) is 0 Å². The van der Waals surface area contributed by atoms with Crippen molar-refractivity contribution < 1.29 is 13.5 Å². The average molecular weight is 498 g/mol. The Morgan fingerprint density at radius 3 is 2.94 bits per heavy atom. The Morgan fingerprint density at radius 1 is 1.38 bits per heavy atom. The number of ether oxygens (including phenoxy) is 1. The SMILES string of the molecule is CN1C[C@@H]2C[C@@H]2[C@H]1COc1ncc2cc(Cl)c(-c3ccc(F)c4sc(N)c(C#N)c34)c(F)c2n1. The van der Waals surface area contributed by atoms with Gasteiger partial charge in [-0.3, -0.25) is 4.90 Å². The predicted octanol–water partition coefficient (Wildman–Crippen LogP) is 5.23. The fourth-order valence-corrected chi connectivity index (χ4v) is 6.36. The molecule has 4 aromatic rings. The number of benzene rings is 2. The molecule has 2 aromatic carbocycles. The first-order valence-corrected chi connectivity index (χ1v) is 12.0. The molecule has 1 saturated carbocycles. The van der Waals surface area contributed by atoms with Crippen molar-refractivity contribution >= 4 is 48.9 Å². The lowest BCUT2D eigenvalue weighted by atomic mass is 9.97. The van der Waals surface area contributed by atoms with E-state index in [0.717, 1.165) is 23.8 Å². The minimum absolute atomic E-state index is 0.0227. The highest BCUT2D eigenvalue weighted by Crippen LogP contribution is 2.49. The van der Waals surface area contributed by atoms with Crippen LogP contribution in [0.15, 0.2) is 24.4 Å². The summed E-state index contributed by atoms with van der Waals surface area (Å²) in [5.74, 6) is 0.148. The molecule has 3 heterocycles. The van der Waals surface area contributed by atoms with Crippen LogP contribution in [0.5, 0.6) is 6.01 Å². The lowest BCUT2D eigenvalue weighted by molar-refractivity contribution is 0.167. The van der Waals surface area contributed by atoms with Crippen molar-refractivity contribution in [1.82, 2.24) is 14.9 Å². The van der Waals surface area contributed by atoms with Crippen LogP contribution in [-0.2, 0) is 0 Å². The normalized spacial score (nSPS) is 21.7. The van der Waals surface area contributed by atoms with E-state index in [2.05, 4.69) is 21.9 Å². The number of fused-ring (bicyclic) bond motifs is 3. The van der Waals surface area contributed by atoms with Crippen LogP contribution in [-0.4, -0.2) is 41.1 Å². The van der Waals surface area contributed by atoms with Crippen molar-refractivity contribution in [1.29, 1.82) is 5.26 Å². The maximum absolute atomic E-state index is 15.9. The molecule has 2 N–H and O–H groups in total. The average Bonchev–Trinajstić information content (AvgIpc) is 3.36. The number of piperidine rings is 1. The number of hydrogen-bond acceptors (Lipinski definition) is 7. The van der Waals surface area contributed by atoms with Gasteiger partial charge in [0.1, 0.15) is 29.0 Å². The third-order valence-electron chi connectivity index (χ3n) is 6.89. The van der Waals surface area contributed by atoms with E-state index in [1.165, 1.54) is 24.8 Å². The minimum Gasteiger partial charge on any atom is -0.462 e. The molecule has 2 aliphatic rings. The first-order valence-electron chi connectivity index (χ1n) is 10.8. The molecule has 0 spiro atoms. The summed E-state index contributed by atoms with van der Waals surface area (Å²) in [6.07, 6.45) is 2.69. The van der Waals surface area contributed by atoms with Crippen molar-refractivity contribution in [3.63, 3.8) is 0 Å². The molecular formula is C24H18ClF2N5OS. The number of likely N-dealkylation sites (tertiary alicyclic amines) is 1. The summed E-state index contributed by atoms with van der Waals surface area (Å²) in [5, 5.41) is 10.5. The Balaban J connectivity index is 1.45. The quantitative estimate of drug-likeness (QED) is 0.415. The number of halogens is 3. The minimum atomic E-state index is -0.698. The van der Waals surface area contributed by atoms with Gasteiger partial charge < -0.3 is 10.5 Å². The molecule has 6 rings (SSSR count). The zero-order chi connectivity index (χ0) is 23.7. The Morgan fingerprint density at radius 2 is 2.21 bits per heavy atom. The van der Waals surface area contributed by atoms with Crippen LogP contribution in [0.4, 0.5) is 13.8 Å². The van der Waals surface area contributed by atoms with Crippen LogP contribution in [0.25, 0.3) is 32.1 Å². The highest BCUT2D eigenvalue weighted by molar-refractivity contribution is 7.23. The summed E-state index contributed by atoms with van der Waals surface area (Å²) in [5.41, 5.74) is 6.36. The van der Waals surface area contributed by atoms with Crippen LogP contribution in [0, 0.1) is 34.8 Å². The van der Waals surface area contributed by atoms with Crippen molar-refractivity contribution in [2.75, 3.05) is 25.9 Å². The summed E-state index contributed by atoms with van der Waals surface area (Å²) >= 11 is 7.42. The molecule has 172 valence electrons. The molecular weight excluding hydrogens is 480 g/mol. The lowest BCUT2D eigenvalue weighted by Gasteiger charge is -2.22. The summed E-state index contributed by atoms with van der Waals surface area (Å²) in [6.45, 7) is 1.50. The van der Waals surface area contributed by atoms with Crippen molar-refractivity contribution in [3.05, 3.63) is 46.6 Å². The summed E-state index contributed by atoms with van der Waals surface area (Å²) in [7, 11) is 2.07. The molecule has 10 heteroatoms. The maximum Gasteiger partial charge on any atom is 0.317 e. The van der Waals surface area contributed by atoms with E-state index in [4.69, 9.17) is 22.1 Å². The maximum atomic E-state index is 15.9. The first kappa shape index (κ1) is 21.5. The van der Waals surface area contributed by atoms with Crippen LogP contribution >= 0.6 is 22.9 Å². The number of hydrogen-bond donors (Lipinski definition) is 1. The second-order valence-corrected chi connectivity index (χ2v) is 10.3. The van der Waals surface area contributed by atoms with Crippen molar-refractivity contribution in [2.45, 2.75) is 12.5 Å². The number of rotatable bonds is 4. The summed E-state index contributed by atoms with van der Waals surface area (Å²) in [6, 6.07) is 6.55. The van der Waals surface area contributed by atoms with Gasteiger partial charge in [0, 0.05) is 35.1 Å². The van der Waals surface area contributed by atoms with Gasteiger partial charge in [-0.2, -0.15) is 10.2 Å². The van der Waals surface area contributed by atoms with Gasteiger partial charge in [0.15, 0.2) is 5.82 Å². The molecule has 0 unspecified atom stereocenters. The van der Waals surface area contributed by atoms with Gasteiger partial charge >= 0.3 is 6.01 Å². The lowest BCUT2D eigenvalue weighted by Crippen LogP contribution is -2.34. The molecule has 1 aliphatic carbocycles. The number of likely N-dealkylation sites (N-methyl/N-ethyl adjacent to an activating group) is 1. The first-order chi connectivity index (χ1) is 16.4. The highest BCUT2D eigenvalue weighted by Gasteiger charge is 2.51. The van der Waals surface area contributed by atoms with E-state index in [1.54, 1.807) is 6.07 Å². The standard InChI is InChI=1S/C24H18ClF2N5OS/c1-32-8-11-4-13(11)17(32)9-33-24-30-7-10-5-15(25)19(20(27)21(10)31-24)12-2-3-16(26)22-18(12)14(6-28)23(29)34-22/h2-3,5,7,11,13,17H,4,8-9,29H2,1H3/t11-,13-,17+/m0/s1. The second kappa shape index (κ2) is 7.73. The predicted molar refractivity (Wildman–Crippen MR) is 128 cm³/mol. The number of anilines is 1. The molecule has 0 amide bonds. The second-order valence-electron chi connectivity index (χ2n) is 8.87. The number of nitrogens with zero attached hydrogens (tertiary/aromatic N) is 4. The molecule has 2 aromatic heterocycles. The Hall–Kier alpha value is -3.06. The van der Waals surface area contributed by atoms with Gasteiger partial charge in [0.2, 0.25) is 0 Å². The highest BCUT2D eigenvalue weighted by atomic mass is 35.5. The van der Waals surface area contributed by atoms with Crippen LogP contribution in [0.2, 0.25) is 5.02 Å². The van der Waals surface area contributed by atoms with E-state index in [0.29, 0.717) is 24.0 Å². The Bertz CT molecular complexity index is 1530. The van der Waals surface area contributed by atoms with E-state index >= 15 is 4.39 Å². The molecule has 6 nitrogen and oxygen atoms in total. The monoisotopic (exact) mass is 497 g/mol. The van der Waals surface area contributed by atoms with Crippen LogP contribution in [0.3, 0.4) is 0 Å². The number of thiophene rings is 1. The molecule has 2 fully saturated rings. The molecule has 1 saturated heterocycles. The van der Waals surface area contributed by atoms with E-state index in [-0.39, 0.29) is 48.3 Å². The molecule has 0 radical (unpaired) electrons. The topological polar surface area (TPSA) is 88.1 Å². The van der Waals surface area contributed by atoms with E-state index < -0.39 is 11.6 Å². The fraction of sp³-hybridized carbons (Fsp3) is 0.292. The zero-order valence-corrected chi connectivity index (χ0v) is 19.6. The van der Waals surface area contributed by atoms with Crippen LogP contribution < -0.4 is 10.5 Å². The van der Waals surface area contributed by atoms with Gasteiger partial charge in [-0.15, -0.1) is 11.3 Å². The number of aromatic nitrogens is 2. The van der Waals surface area contributed by atoms with Crippen molar-refractivity contribution in [3.8, 4) is 23.2 Å². The third-order valence-corrected chi connectivity index (χ3v) is 8.21. The van der Waals surface area contributed by atoms with E-state index in [9.17, 15) is 9.65 Å². The molecule has 0 bridgehead atoms. The van der Waals surface area contributed by atoms with Crippen molar-refractivity contribution in [2.24, 2.45) is 11.8 Å². The zero-order valence-electron chi connectivity index (χ0n) is 18.0. The summed E-state index contributed by atoms with van der Waals surface area (Å²) in [4.78, 5) is 10.8. The van der Waals surface area contributed by atoms with Crippen LogP contribution in [0.1, 0.15) is 12.0 Å². The van der Waals surface area contributed by atoms with E-state index in [1.807, 2.05) is 6.07 Å². The molecule has 3 atom stereocenters. The Kier molecular flexibility index (Phi) is 4.88. The largest absolute Gasteiger partial charge is 0.462 e. The smallest absolute Gasteiger partial charge is 0.317 e. The molecule has 34 heavy (non-hydrogen) atoms. The van der Waals surface area contributed by atoms with Gasteiger partial charge in [-0.25, -0.2) is 13.8 Å². The summed E-state index contributed by atoms with van der Waals surface area (Å²) < 4.78 is 36.4. The van der Waals surface area contributed by atoms with Gasteiger partial charge in [-0.05, 0) is 43.0 Å². The number of nitrogens with two attached hydrogens (primary N) is 1. The Labute approximate surface area is 202 Å². The number of nitriles is 1. The third kappa shape index (κ3) is 3.21.